The van der Waals surface area contributed by atoms with E-state index in [2.05, 4.69) is 5.10 Å². The van der Waals surface area contributed by atoms with Gasteiger partial charge in [0, 0.05) is 6.20 Å². The van der Waals surface area contributed by atoms with Crippen LogP contribution in [0.5, 0.6) is 11.5 Å². The van der Waals surface area contributed by atoms with E-state index in [-0.39, 0.29) is 5.56 Å². The van der Waals surface area contributed by atoms with Crippen LogP contribution in [0.15, 0.2) is 30.6 Å². The molecule has 2 aromatic rings. The molecular weight excluding hydrogens is 248 g/mol. The van der Waals surface area contributed by atoms with Gasteiger partial charge >= 0.3 is 5.97 Å². The molecule has 1 heterocycles. The van der Waals surface area contributed by atoms with Crippen molar-refractivity contribution in [2.45, 2.75) is 6.54 Å². The first-order valence-corrected chi connectivity index (χ1v) is 5.60. The summed E-state index contributed by atoms with van der Waals surface area (Å²) in [5.74, 6) is 0.294. The molecular formula is C13H14N2O4. The van der Waals surface area contributed by atoms with Crippen LogP contribution in [0.1, 0.15) is 15.9 Å². The zero-order valence-electron chi connectivity index (χ0n) is 10.7. The van der Waals surface area contributed by atoms with Crippen molar-refractivity contribution in [1.29, 1.82) is 0 Å². The monoisotopic (exact) mass is 262 g/mol. The number of carboxylic acids is 1. The lowest BCUT2D eigenvalue weighted by molar-refractivity contribution is 0.0697. The maximum atomic E-state index is 10.8. The summed E-state index contributed by atoms with van der Waals surface area (Å²) in [6.07, 6.45) is 2.81. The molecule has 0 fully saturated rings. The third-order valence-corrected chi connectivity index (χ3v) is 2.67. The number of aromatic carboxylic acids is 1. The lowest BCUT2D eigenvalue weighted by Gasteiger charge is -2.09. The van der Waals surface area contributed by atoms with Crippen molar-refractivity contribution >= 4 is 5.97 Å². The predicted molar refractivity (Wildman–Crippen MR) is 67.8 cm³/mol. The number of carboxylic acid groups (broad SMARTS) is 1. The number of carbonyl (C=O) groups is 1. The van der Waals surface area contributed by atoms with E-state index in [4.69, 9.17) is 14.6 Å². The Labute approximate surface area is 110 Å². The van der Waals surface area contributed by atoms with Crippen molar-refractivity contribution < 1.29 is 19.4 Å². The number of hydrogen-bond acceptors (Lipinski definition) is 4. The average molecular weight is 262 g/mol. The molecule has 6 nitrogen and oxygen atoms in total. The van der Waals surface area contributed by atoms with Crippen LogP contribution < -0.4 is 9.47 Å². The molecule has 100 valence electrons. The van der Waals surface area contributed by atoms with Crippen LogP contribution in [0.3, 0.4) is 0 Å². The second-order valence-corrected chi connectivity index (χ2v) is 3.92. The topological polar surface area (TPSA) is 73.6 Å². The second kappa shape index (κ2) is 5.43. The van der Waals surface area contributed by atoms with Crippen molar-refractivity contribution in [2.24, 2.45) is 0 Å². The Hall–Kier alpha value is -2.50. The highest BCUT2D eigenvalue weighted by molar-refractivity contribution is 5.86. The number of nitrogens with zero attached hydrogens (tertiary/aromatic N) is 2. The summed E-state index contributed by atoms with van der Waals surface area (Å²) >= 11 is 0. The number of benzene rings is 1. The van der Waals surface area contributed by atoms with E-state index in [1.807, 2.05) is 12.1 Å². The molecule has 0 bridgehead atoms. The van der Waals surface area contributed by atoms with Crippen LogP contribution in [0.2, 0.25) is 0 Å². The fourth-order valence-electron chi connectivity index (χ4n) is 1.73. The van der Waals surface area contributed by atoms with Crippen LogP contribution in [-0.2, 0) is 6.54 Å². The van der Waals surface area contributed by atoms with Gasteiger partial charge in [-0.1, -0.05) is 6.07 Å². The predicted octanol–water partition coefficient (Wildman–Crippen LogP) is 1.65. The molecule has 0 unspecified atom stereocenters. The third kappa shape index (κ3) is 2.85. The molecule has 1 aromatic carbocycles. The summed E-state index contributed by atoms with van der Waals surface area (Å²) in [4.78, 5) is 10.8. The smallest absolute Gasteiger partial charge is 0.338 e. The number of rotatable bonds is 5. The van der Waals surface area contributed by atoms with Crippen molar-refractivity contribution in [3.8, 4) is 11.5 Å². The first-order valence-electron chi connectivity index (χ1n) is 5.60. The lowest BCUT2D eigenvalue weighted by atomic mass is 10.2. The molecule has 0 amide bonds. The van der Waals surface area contributed by atoms with Gasteiger partial charge in [0.2, 0.25) is 0 Å². The zero-order valence-corrected chi connectivity index (χ0v) is 10.7. The summed E-state index contributed by atoms with van der Waals surface area (Å²) in [5, 5.41) is 12.8. The van der Waals surface area contributed by atoms with Gasteiger partial charge in [-0.25, -0.2) is 4.79 Å². The third-order valence-electron chi connectivity index (χ3n) is 2.67. The molecule has 19 heavy (non-hydrogen) atoms. The number of aromatic nitrogens is 2. The molecule has 0 saturated carbocycles. The Bertz CT molecular complexity index is 592. The highest BCUT2D eigenvalue weighted by Gasteiger charge is 2.08. The largest absolute Gasteiger partial charge is 0.493 e. The van der Waals surface area contributed by atoms with Gasteiger partial charge in [-0.2, -0.15) is 5.10 Å². The highest BCUT2D eigenvalue weighted by Crippen LogP contribution is 2.27. The summed E-state index contributed by atoms with van der Waals surface area (Å²) in [6.45, 7) is 0.466. The van der Waals surface area contributed by atoms with E-state index in [9.17, 15) is 4.79 Å². The first-order chi connectivity index (χ1) is 9.13. The molecule has 0 aliphatic carbocycles. The average Bonchev–Trinajstić information content (AvgIpc) is 2.87. The van der Waals surface area contributed by atoms with Crippen molar-refractivity contribution in [1.82, 2.24) is 9.78 Å². The highest BCUT2D eigenvalue weighted by atomic mass is 16.5. The van der Waals surface area contributed by atoms with Gasteiger partial charge in [0.05, 0.1) is 32.5 Å². The van der Waals surface area contributed by atoms with E-state index in [1.165, 1.54) is 12.4 Å². The molecule has 0 atom stereocenters. The van der Waals surface area contributed by atoms with Crippen molar-refractivity contribution in [3.05, 3.63) is 41.7 Å². The minimum absolute atomic E-state index is 0.167. The van der Waals surface area contributed by atoms with Crippen LogP contribution in [0.25, 0.3) is 0 Å². The first kappa shape index (κ1) is 12.9. The number of hydrogen-bond donors (Lipinski definition) is 1. The molecule has 1 N–H and O–H groups in total. The van der Waals surface area contributed by atoms with Gasteiger partial charge < -0.3 is 14.6 Å². The maximum Gasteiger partial charge on any atom is 0.338 e. The van der Waals surface area contributed by atoms with Gasteiger partial charge in [0.25, 0.3) is 0 Å². The van der Waals surface area contributed by atoms with E-state index in [1.54, 1.807) is 25.0 Å². The zero-order chi connectivity index (χ0) is 13.8. The minimum atomic E-state index is -0.987. The SMILES string of the molecule is COc1ccc(Cn2cc(C(=O)O)cn2)cc1OC. The van der Waals surface area contributed by atoms with E-state index in [0.717, 1.165) is 5.56 Å². The lowest BCUT2D eigenvalue weighted by Crippen LogP contribution is -2.01. The normalized spacial score (nSPS) is 10.2. The van der Waals surface area contributed by atoms with Gasteiger partial charge in [-0.05, 0) is 17.7 Å². The summed E-state index contributed by atoms with van der Waals surface area (Å²) in [7, 11) is 3.14. The Kier molecular flexibility index (Phi) is 3.70. The molecule has 6 heteroatoms. The van der Waals surface area contributed by atoms with Gasteiger partial charge in [0.15, 0.2) is 11.5 Å². The summed E-state index contributed by atoms with van der Waals surface area (Å²) in [6, 6.07) is 5.51. The van der Waals surface area contributed by atoms with E-state index >= 15 is 0 Å². The number of ether oxygens (including phenoxy) is 2. The van der Waals surface area contributed by atoms with Crippen LogP contribution in [-0.4, -0.2) is 35.1 Å². The molecule has 2 rings (SSSR count). The Morgan fingerprint density at radius 1 is 1.32 bits per heavy atom. The molecule has 1 aromatic heterocycles. The van der Waals surface area contributed by atoms with Gasteiger partial charge in [-0.3, -0.25) is 4.68 Å². The minimum Gasteiger partial charge on any atom is -0.493 e. The summed E-state index contributed by atoms with van der Waals surface area (Å²) in [5.41, 5.74) is 1.11. The molecule has 0 aliphatic rings. The van der Waals surface area contributed by atoms with Gasteiger partial charge in [-0.15, -0.1) is 0 Å². The molecule has 0 saturated heterocycles. The van der Waals surface area contributed by atoms with Crippen LogP contribution >= 0.6 is 0 Å². The van der Waals surface area contributed by atoms with Crippen molar-refractivity contribution in [3.63, 3.8) is 0 Å². The molecule has 0 spiro atoms. The van der Waals surface area contributed by atoms with E-state index in [0.29, 0.717) is 18.0 Å². The van der Waals surface area contributed by atoms with E-state index < -0.39 is 5.97 Å². The Morgan fingerprint density at radius 3 is 2.63 bits per heavy atom. The maximum absolute atomic E-state index is 10.8. The standard InChI is InChI=1S/C13H14N2O4/c1-18-11-4-3-9(5-12(11)19-2)7-15-8-10(6-14-15)13(16)17/h3-6,8H,7H2,1-2H3,(H,16,17). The number of methoxy groups -OCH3 is 2. The molecule has 0 radical (unpaired) electrons. The Balaban J connectivity index is 2.20. The molecule has 0 aliphatic heterocycles. The fourth-order valence-corrected chi connectivity index (χ4v) is 1.73. The van der Waals surface area contributed by atoms with Crippen LogP contribution in [0.4, 0.5) is 0 Å². The fraction of sp³-hybridized carbons (Fsp3) is 0.231. The van der Waals surface area contributed by atoms with Crippen molar-refractivity contribution in [2.75, 3.05) is 14.2 Å². The Morgan fingerprint density at radius 2 is 2.05 bits per heavy atom. The second-order valence-electron chi connectivity index (χ2n) is 3.92. The van der Waals surface area contributed by atoms with Crippen LogP contribution in [0, 0.1) is 0 Å². The quantitative estimate of drug-likeness (QED) is 0.886. The van der Waals surface area contributed by atoms with Gasteiger partial charge in [0.1, 0.15) is 0 Å². The summed E-state index contributed by atoms with van der Waals surface area (Å²) < 4.78 is 11.9.